The van der Waals surface area contributed by atoms with Crippen molar-refractivity contribution in [2.45, 2.75) is 56.1 Å². The van der Waals surface area contributed by atoms with E-state index in [1.54, 1.807) is 6.07 Å². The fourth-order valence-corrected chi connectivity index (χ4v) is 4.02. The fourth-order valence-electron chi connectivity index (χ4n) is 2.70. The number of sulfonamides is 1. The van der Waals surface area contributed by atoms with Gasteiger partial charge in [-0.2, -0.15) is 0 Å². The van der Waals surface area contributed by atoms with Gasteiger partial charge in [0.05, 0.1) is 0 Å². The smallest absolute Gasteiger partial charge is 0.243 e. The SMILES string of the molecule is CC1CC(NS(=O)(=O)c2ccc(CNC3CC3)cc2F)C1. The molecular weight excluding hydrogens is 291 g/mol. The zero-order valence-electron chi connectivity index (χ0n) is 12.1. The number of halogens is 1. The van der Waals surface area contributed by atoms with Gasteiger partial charge in [0.2, 0.25) is 10.0 Å². The van der Waals surface area contributed by atoms with Gasteiger partial charge in [0, 0.05) is 18.6 Å². The van der Waals surface area contributed by atoms with Gasteiger partial charge in [-0.25, -0.2) is 17.5 Å². The van der Waals surface area contributed by atoms with Crippen LogP contribution in [0.3, 0.4) is 0 Å². The summed E-state index contributed by atoms with van der Waals surface area (Å²) in [7, 11) is -3.76. The Hall–Kier alpha value is -0.980. The number of nitrogens with one attached hydrogen (secondary N) is 2. The van der Waals surface area contributed by atoms with E-state index in [0.29, 0.717) is 18.5 Å². The maximum absolute atomic E-state index is 14.1. The molecule has 6 heteroatoms. The van der Waals surface area contributed by atoms with Crippen LogP contribution in [0.4, 0.5) is 4.39 Å². The number of hydrogen-bond acceptors (Lipinski definition) is 3. The van der Waals surface area contributed by atoms with Crippen molar-refractivity contribution < 1.29 is 12.8 Å². The first-order valence-electron chi connectivity index (χ1n) is 7.48. The topological polar surface area (TPSA) is 58.2 Å². The Morgan fingerprint density at radius 2 is 1.95 bits per heavy atom. The Labute approximate surface area is 125 Å². The number of hydrogen-bond donors (Lipinski definition) is 2. The van der Waals surface area contributed by atoms with E-state index >= 15 is 0 Å². The molecule has 1 aromatic carbocycles. The summed E-state index contributed by atoms with van der Waals surface area (Å²) < 4.78 is 41.0. The highest BCUT2D eigenvalue weighted by Gasteiger charge is 2.31. The van der Waals surface area contributed by atoms with Gasteiger partial charge < -0.3 is 5.32 Å². The molecule has 116 valence electrons. The minimum Gasteiger partial charge on any atom is -0.310 e. The van der Waals surface area contributed by atoms with E-state index in [4.69, 9.17) is 0 Å². The molecule has 0 heterocycles. The van der Waals surface area contributed by atoms with Gasteiger partial charge in [-0.15, -0.1) is 0 Å². The van der Waals surface area contributed by atoms with Gasteiger partial charge >= 0.3 is 0 Å². The third kappa shape index (κ3) is 3.62. The van der Waals surface area contributed by atoms with Gasteiger partial charge in [0.15, 0.2) is 0 Å². The Morgan fingerprint density at radius 1 is 1.24 bits per heavy atom. The van der Waals surface area contributed by atoms with Crippen LogP contribution < -0.4 is 10.0 Å². The lowest BCUT2D eigenvalue weighted by Crippen LogP contribution is -2.43. The summed E-state index contributed by atoms with van der Waals surface area (Å²) >= 11 is 0. The lowest BCUT2D eigenvalue weighted by molar-refractivity contribution is 0.270. The first kappa shape index (κ1) is 14.9. The number of benzene rings is 1. The molecule has 0 amide bonds. The van der Waals surface area contributed by atoms with Crippen LogP contribution in [0, 0.1) is 11.7 Å². The Bertz CT molecular complexity index is 623. The minimum atomic E-state index is -3.76. The predicted octanol–water partition coefficient (Wildman–Crippen LogP) is 2.15. The molecule has 2 N–H and O–H groups in total. The molecule has 0 spiro atoms. The van der Waals surface area contributed by atoms with Crippen LogP contribution in [0.1, 0.15) is 38.2 Å². The molecule has 2 aliphatic carbocycles. The van der Waals surface area contributed by atoms with Gasteiger partial charge in [-0.1, -0.05) is 13.0 Å². The molecule has 0 radical (unpaired) electrons. The van der Waals surface area contributed by atoms with Crippen LogP contribution in [0.2, 0.25) is 0 Å². The largest absolute Gasteiger partial charge is 0.310 e. The normalized spacial score (nSPS) is 25.6. The number of rotatable bonds is 6. The zero-order valence-corrected chi connectivity index (χ0v) is 12.9. The van der Waals surface area contributed by atoms with Crippen LogP contribution in [-0.4, -0.2) is 20.5 Å². The zero-order chi connectivity index (χ0) is 15.0. The molecule has 0 unspecified atom stereocenters. The first-order valence-corrected chi connectivity index (χ1v) is 8.96. The Morgan fingerprint density at radius 3 is 2.52 bits per heavy atom. The van der Waals surface area contributed by atoms with E-state index in [9.17, 15) is 12.8 Å². The molecule has 2 aliphatic rings. The second kappa shape index (κ2) is 5.66. The summed E-state index contributed by atoms with van der Waals surface area (Å²) in [4.78, 5) is -0.253. The monoisotopic (exact) mass is 312 g/mol. The summed E-state index contributed by atoms with van der Waals surface area (Å²) in [5.74, 6) is -0.136. The standard InChI is InChI=1S/C15H21FN2O2S/c1-10-6-13(7-10)18-21(19,20)15-5-2-11(8-14(15)16)9-17-12-3-4-12/h2,5,8,10,12-13,17-18H,3-4,6-7,9H2,1H3. The van der Waals surface area contributed by atoms with Crippen molar-refractivity contribution in [1.82, 2.24) is 10.0 Å². The van der Waals surface area contributed by atoms with Crippen LogP contribution >= 0.6 is 0 Å². The van der Waals surface area contributed by atoms with Crippen molar-refractivity contribution >= 4 is 10.0 Å². The summed E-state index contributed by atoms with van der Waals surface area (Å²) in [5.41, 5.74) is 0.774. The quantitative estimate of drug-likeness (QED) is 0.846. The molecule has 2 fully saturated rings. The molecule has 0 saturated heterocycles. The van der Waals surface area contributed by atoms with Gasteiger partial charge in [-0.3, -0.25) is 0 Å². The minimum absolute atomic E-state index is 0.0550. The second-order valence-corrected chi connectivity index (χ2v) is 8.00. The van der Waals surface area contributed by atoms with E-state index in [2.05, 4.69) is 17.0 Å². The molecule has 21 heavy (non-hydrogen) atoms. The van der Waals surface area contributed by atoms with Crippen molar-refractivity contribution in [1.29, 1.82) is 0 Å². The molecule has 0 atom stereocenters. The van der Waals surface area contributed by atoms with Gasteiger partial charge in [0.1, 0.15) is 10.7 Å². The molecule has 4 nitrogen and oxygen atoms in total. The molecule has 0 bridgehead atoms. The Balaban J connectivity index is 1.68. The first-order chi connectivity index (χ1) is 9.94. The summed E-state index contributed by atoms with van der Waals surface area (Å²) in [6, 6.07) is 4.84. The average Bonchev–Trinajstić information content (AvgIpc) is 3.18. The van der Waals surface area contributed by atoms with Crippen molar-refractivity contribution in [2.75, 3.05) is 0 Å². The highest BCUT2D eigenvalue weighted by atomic mass is 32.2. The molecular formula is C15H21FN2O2S. The average molecular weight is 312 g/mol. The van der Waals surface area contributed by atoms with E-state index in [0.717, 1.165) is 18.4 Å². The third-order valence-electron chi connectivity index (χ3n) is 4.15. The van der Waals surface area contributed by atoms with Crippen molar-refractivity contribution in [3.05, 3.63) is 29.6 Å². The third-order valence-corrected chi connectivity index (χ3v) is 5.71. The maximum Gasteiger partial charge on any atom is 0.243 e. The van der Waals surface area contributed by atoms with Crippen molar-refractivity contribution in [2.24, 2.45) is 5.92 Å². The van der Waals surface area contributed by atoms with E-state index in [-0.39, 0.29) is 10.9 Å². The lowest BCUT2D eigenvalue weighted by atomic mass is 9.83. The van der Waals surface area contributed by atoms with Crippen LogP contribution in [0.15, 0.2) is 23.1 Å². The van der Waals surface area contributed by atoms with Crippen molar-refractivity contribution in [3.63, 3.8) is 0 Å². The summed E-state index contributed by atoms with van der Waals surface area (Å²) in [6.07, 6.45) is 3.98. The molecule has 1 aromatic rings. The van der Waals surface area contributed by atoms with Crippen LogP contribution in [0.25, 0.3) is 0 Å². The molecule has 0 aliphatic heterocycles. The highest BCUT2D eigenvalue weighted by Crippen LogP contribution is 2.28. The maximum atomic E-state index is 14.1. The van der Waals surface area contributed by atoms with E-state index in [1.807, 2.05) is 0 Å². The van der Waals surface area contributed by atoms with E-state index in [1.165, 1.54) is 25.0 Å². The Kier molecular flexibility index (Phi) is 4.03. The lowest BCUT2D eigenvalue weighted by Gasteiger charge is -2.32. The van der Waals surface area contributed by atoms with E-state index < -0.39 is 15.8 Å². The molecule has 3 rings (SSSR count). The van der Waals surface area contributed by atoms with Crippen LogP contribution in [-0.2, 0) is 16.6 Å². The summed E-state index contributed by atoms with van der Waals surface area (Å²) in [5, 5.41) is 3.28. The fraction of sp³-hybridized carbons (Fsp3) is 0.600. The molecule has 2 saturated carbocycles. The predicted molar refractivity (Wildman–Crippen MR) is 78.8 cm³/mol. The van der Waals surface area contributed by atoms with Crippen molar-refractivity contribution in [3.8, 4) is 0 Å². The highest BCUT2D eigenvalue weighted by molar-refractivity contribution is 7.89. The summed E-state index contributed by atoms with van der Waals surface area (Å²) in [6.45, 7) is 2.66. The van der Waals surface area contributed by atoms with Gasteiger partial charge in [-0.05, 0) is 49.3 Å². The second-order valence-electron chi connectivity index (χ2n) is 6.31. The van der Waals surface area contributed by atoms with Crippen LogP contribution in [0.5, 0.6) is 0 Å². The molecule has 0 aromatic heterocycles. The van der Waals surface area contributed by atoms with Gasteiger partial charge in [0.25, 0.3) is 0 Å².